The second-order valence-corrected chi connectivity index (χ2v) is 17.4. The van der Waals surface area contributed by atoms with Gasteiger partial charge in [-0.2, -0.15) is 0 Å². The Hall–Kier alpha value is -2.26. The zero-order chi connectivity index (χ0) is 35.4. The summed E-state index contributed by atoms with van der Waals surface area (Å²) in [5.74, 6) is 6.58. The number of allylic oxidation sites excluding steroid dienone is 2. The van der Waals surface area contributed by atoms with E-state index < -0.39 is 0 Å². The minimum Gasteiger partial charge on any atom is -0.381 e. The lowest BCUT2D eigenvalue weighted by atomic mass is 9.68. The summed E-state index contributed by atoms with van der Waals surface area (Å²) in [6, 6.07) is 11.6. The van der Waals surface area contributed by atoms with Gasteiger partial charge in [0.15, 0.2) is 0 Å². The average molecular weight is 699 g/mol. The molecule has 0 bridgehead atoms. The Kier molecular flexibility index (Phi) is 14.9. The first-order valence-electron chi connectivity index (χ1n) is 21.3. The fourth-order valence-electron chi connectivity index (χ4n) is 10.7. The van der Waals surface area contributed by atoms with Gasteiger partial charge in [0.2, 0.25) is 0 Å². The van der Waals surface area contributed by atoms with Gasteiger partial charge in [0.05, 0.1) is 13.2 Å². The first-order valence-corrected chi connectivity index (χ1v) is 21.3. The molecule has 0 aliphatic heterocycles. The molecule has 4 aliphatic carbocycles. The highest BCUT2D eigenvalue weighted by Gasteiger charge is 2.31. The van der Waals surface area contributed by atoms with Gasteiger partial charge in [0.1, 0.15) is 11.6 Å². The third-order valence-corrected chi connectivity index (χ3v) is 14.4. The Morgan fingerprint density at radius 1 is 0.490 bits per heavy atom. The number of benzene rings is 2. The molecule has 6 rings (SSSR count). The quantitative estimate of drug-likeness (QED) is 0.125. The lowest BCUT2D eigenvalue weighted by Gasteiger charge is -2.37. The summed E-state index contributed by atoms with van der Waals surface area (Å²) in [5, 5.41) is 0. The molecule has 1 nitrogen and oxygen atoms in total. The number of halogens is 2. The van der Waals surface area contributed by atoms with Crippen molar-refractivity contribution >= 4 is 0 Å². The van der Waals surface area contributed by atoms with Gasteiger partial charge >= 0.3 is 0 Å². The summed E-state index contributed by atoms with van der Waals surface area (Å²) < 4.78 is 35.8. The standard InChI is InChI=1S/C48H68F2O/c1-3-35-9-19-41(20-10-35)43-23-13-37(14-24-43)5-7-39-17-27-45(47(49)33-39)29-31-51-32-30-46-28-18-40(34-48(46)50)8-6-38-15-25-44(26-16-38)42-21-11-36(4-2)12-22-42/h3-4,17-18,27-28,33-38,41-44H,1-2,5-16,19-26,29-32H2. The third kappa shape index (κ3) is 11.4. The van der Waals surface area contributed by atoms with Crippen molar-refractivity contribution in [3.8, 4) is 0 Å². The molecule has 4 fully saturated rings. The molecular weight excluding hydrogens is 631 g/mol. The van der Waals surface area contributed by atoms with Gasteiger partial charge in [-0.3, -0.25) is 0 Å². The van der Waals surface area contributed by atoms with Crippen molar-refractivity contribution in [2.45, 2.75) is 141 Å². The molecule has 0 atom stereocenters. The zero-order valence-corrected chi connectivity index (χ0v) is 31.8. The van der Waals surface area contributed by atoms with Crippen molar-refractivity contribution in [2.75, 3.05) is 13.2 Å². The molecule has 0 unspecified atom stereocenters. The van der Waals surface area contributed by atoms with Crippen molar-refractivity contribution in [2.24, 2.45) is 47.3 Å². The van der Waals surface area contributed by atoms with Crippen LogP contribution in [0.1, 0.15) is 138 Å². The molecule has 0 amide bonds. The molecule has 51 heavy (non-hydrogen) atoms. The van der Waals surface area contributed by atoms with E-state index in [1.807, 2.05) is 12.1 Å². The highest BCUT2D eigenvalue weighted by atomic mass is 19.1. The van der Waals surface area contributed by atoms with Crippen LogP contribution in [0.5, 0.6) is 0 Å². The fourth-order valence-corrected chi connectivity index (χ4v) is 10.7. The van der Waals surface area contributed by atoms with Crippen LogP contribution < -0.4 is 0 Å². The molecule has 0 radical (unpaired) electrons. The Morgan fingerprint density at radius 3 is 1.18 bits per heavy atom. The van der Waals surface area contributed by atoms with Crippen LogP contribution in [0.15, 0.2) is 61.7 Å². The van der Waals surface area contributed by atoms with Crippen molar-refractivity contribution in [1.82, 2.24) is 0 Å². The van der Waals surface area contributed by atoms with Crippen LogP contribution in [0.25, 0.3) is 0 Å². The average Bonchev–Trinajstić information content (AvgIpc) is 3.18. The van der Waals surface area contributed by atoms with Gasteiger partial charge < -0.3 is 4.74 Å². The van der Waals surface area contributed by atoms with Gasteiger partial charge in [0, 0.05) is 0 Å². The van der Waals surface area contributed by atoms with E-state index in [4.69, 9.17) is 4.74 Å². The molecular formula is C48H68F2O. The highest BCUT2D eigenvalue weighted by Crippen LogP contribution is 2.44. The number of hydrogen-bond donors (Lipinski definition) is 0. The molecule has 4 aliphatic rings. The monoisotopic (exact) mass is 699 g/mol. The van der Waals surface area contributed by atoms with Gasteiger partial charge in [-0.25, -0.2) is 8.78 Å². The van der Waals surface area contributed by atoms with Gasteiger partial charge in [0.25, 0.3) is 0 Å². The lowest BCUT2D eigenvalue weighted by molar-refractivity contribution is 0.139. The zero-order valence-electron chi connectivity index (χ0n) is 31.8. The van der Waals surface area contributed by atoms with Gasteiger partial charge in [-0.1, -0.05) is 62.1 Å². The molecule has 280 valence electrons. The first kappa shape index (κ1) is 38.5. The maximum Gasteiger partial charge on any atom is 0.126 e. The molecule has 2 aromatic rings. The van der Waals surface area contributed by atoms with Crippen LogP contribution in [0.2, 0.25) is 0 Å². The van der Waals surface area contributed by atoms with Crippen LogP contribution in [0, 0.1) is 59.0 Å². The second kappa shape index (κ2) is 19.7. The molecule has 0 aromatic heterocycles. The number of ether oxygens (including phenoxy) is 1. The fraction of sp³-hybridized carbons (Fsp3) is 0.667. The molecule has 0 N–H and O–H groups in total. The van der Waals surface area contributed by atoms with Crippen LogP contribution in [0.4, 0.5) is 8.78 Å². The van der Waals surface area contributed by atoms with Crippen LogP contribution in [0.3, 0.4) is 0 Å². The molecule has 0 spiro atoms. The van der Waals surface area contributed by atoms with E-state index in [9.17, 15) is 8.78 Å². The topological polar surface area (TPSA) is 9.23 Å². The number of rotatable bonds is 16. The Balaban J connectivity index is 0.823. The SMILES string of the molecule is C=CC1CCC(C2CCC(CCc3ccc(CCOCCc4ccc(CCC5CCC(C6CCC(C=C)CC6)CC5)cc4F)c(F)c3)CC2)CC1. The summed E-state index contributed by atoms with van der Waals surface area (Å²) in [7, 11) is 0. The second-order valence-electron chi connectivity index (χ2n) is 17.4. The van der Waals surface area contributed by atoms with Crippen LogP contribution in [-0.2, 0) is 30.4 Å². The van der Waals surface area contributed by atoms with Gasteiger partial charge in [-0.15, -0.1) is 13.2 Å². The summed E-state index contributed by atoms with van der Waals surface area (Å²) in [6.45, 7) is 8.91. The van der Waals surface area contributed by atoms with E-state index in [0.29, 0.717) is 37.2 Å². The van der Waals surface area contributed by atoms with E-state index in [1.165, 1.54) is 116 Å². The first-order chi connectivity index (χ1) is 25.0. The van der Waals surface area contributed by atoms with Crippen molar-refractivity contribution in [1.29, 1.82) is 0 Å². The lowest BCUT2D eigenvalue weighted by Crippen LogP contribution is -2.25. The molecule has 3 heteroatoms. The summed E-state index contributed by atoms with van der Waals surface area (Å²) >= 11 is 0. The maximum atomic E-state index is 15.0. The number of aryl methyl sites for hydroxylation is 2. The van der Waals surface area contributed by atoms with Crippen molar-refractivity contribution in [3.05, 3.63) is 95.6 Å². The molecule has 2 aromatic carbocycles. The Morgan fingerprint density at radius 2 is 0.843 bits per heavy atom. The normalized spacial score (nSPS) is 30.2. The largest absolute Gasteiger partial charge is 0.381 e. The molecule has 4 saturated carbocycles. The Labute approximate surface area is 310 Å². The molecule has 0 saturated heterocycles. The summed E-state index contributed by atoms with van der Waals surface area (Å²) in [6.07, 6.45) is 31.6. The smallest absolute Gasteiger partial charge is 0.126 e. The predicted octanol–water partition coefficient (Wildman–Crippen LogP) is 13.2. The van der Waals surface area contributed by atoms with Crippen molar-refractivity contribution in [3.63, 3.8) is 0 Å². The van der Waals surface area contributed by atoms with Gasteiger partial charge in [-0.05, 0) is 197 Å². The van der Waals surface area contributed by atoms with Crippen molar-refractivity contribution < 1.29 is 13.5 Å². The summed E-state index contributed by atoms with van der Waals surface area (Å²) in [5.41, 5.74) is 3.66. The van der Waals surface area contributed by atoms with E-state index in [-0.39, 0.29) is 11.6 Å². The Bertz CT molecular complexity index is 1250. The predicted molar refractivity (Wildman–Crippen MR) is 210 cm³/mol. The minimum absolute atomic E-state index is 0.115. The van der Waals surface area contributed by atoms with E-state index in [0.717, 1.165) is 71.3 Å². The third-order valence-electron chi connectivity index (χ3n) is 14.4. The minimum atomic E-state index is -0.115. The van der Waals surface area contributed by atoms with Crippen LogP contribution in [-0.4, -0.2) is 13.2 Å². The molecule has 0 heterocycles. The van der Waals surface area contributed by atoms with E-state index in [2.05, 4.69) is 37.4 Å². The highest BCUT2D eigenvalue weighted by molar-refractivity contribution is 5.26. The van der Waals surface area contributed by atoms with E-state index in [1.54, 1.807) is 12.1 Å². The van der Waals surface area contributed by atoms with E-state index >= 15 is 0 Å². The van der Waals surface area contributed by atoms with Crippen LogP contribution >= 0.6 is 0 Å². The number of hydrogen-bond acceptors (Lipinski definition) is 1. The summed E-state index contributed by atoms with van der Waals surface area (Å²) in [4.78, 5) is 0. The maximum absolute atomic E-state index is 15.0.